The summed E-state index contributed by atoms with van der Waals surface area (Å²) in [4.78, 5) is 14.3. The first kappa shape index (κ1) is 21.3. The van der Waals surface area contributed by atoms with Gasteiger partial charge in [0.25, 0.3) is 0 Å². The molecule has 1 heterocycles. The van der Waals surface area contributed by atoms with Gasteiger partial charge in [0.2, 0.25) is 5.92 Å². The molecule has 2 rings (SSSR count). The molecule has 3 atom stereocenters. The van der Waals surface area contributed by atoms with Gasteiger partial charge in [0.05, 0.1) is 6.04 Å². The molecule has 1 saturated heterocycles. The topological polar surface area (TPSA) is 66.5 Å². The summed E-state index contributed by atoms with van der Waals surface area (Å²) in [7, 11) is -3.29. The van der Waals surface area contributed by atoms with Crippen LogP contribution in [0.5, 0.6) is 0 Å². The lowest BCUT2D eigenvalue weighted by atomic mass is 9.84. The molecule has 0 spiro atoms. The van der Waals surface area contributed by atoms with Gasteiger partial charge in [0.15, 0.2) is 9.84 Å². The first-order valence-corrected chi connectivity index (χ1v) is 10.8. The van der Waals surface area contributed by atoms with Crippen molar-refractivity contribution in [3.05, 3.63) is 47.4 Å². The van der Waals surface area contributed by atoms with Gasteiger partial charge in [-0.3, -0.25) is 0 Å². The number of nitrogens with one attached hydrogen (secondary N) is 1. The summed E-state index contributed by atoms with van der Waals surface area (Å²) >= 11 is 0. The maximum Gasteiger partial charge on any atom is 0.318 e. The summed E-state index contributed by atoms with van der Waals surface area (Å²) in [5, 5.41) is 3.76. The molecule has 27 heavy (non-hydrogen) atoms. The van der Waals surface area contributed by atoms with Crippen LogP contribution < -0.4 is 5.32 Å². The van der Waals surface area contributed by atoms with Crippen LogP contribution in [0.3, 0.4) is 0 Å². The second kappa shape index (κ2) is 8.37. The van der Waals surface area contributed by atoms with Crippen LogP contribution in [0, 0.1) is 5.92 Å². The van der Waals surface area contributed by atoms with Crippen molar-refractivity contribution in [2.24, 2.45) is 5.92 Å². The highest BCUT2D eigenvalue weighted by molar-refractivity contribution is 7.93. The van der Waals surface area contributed by atoms with Crippen LogP contribution in [0.4, 0.5) is 13.6 Å². The number of likely N-dealkylation sites (tertiary alicyclic amines) is 1. The SMILES string of the molecule is CC(/C=C/S(C)(=O)=O)NC(=O)N1CC[C@H](C(C)(F)F)C[C@@H]1c1ccccc1. The Balaban J connectivity index is 2.17. The lowest BCUT2D eigenvalue weighted by molar-refractivity contribution is -0.0686. The third-order valence-corrected chi connectivity index (χ3v) is 5.38. The first-order valence-electron chi connectivity index (χ1n) is 8.85. The smallest absolute Gasteiger partial charge is 0.318 e. The van der Waals surface area contributed by atoms with Crippen molar-refractivity contribution in [2.45, 2.75) is 44.7 Å². The maximum atomic E-state index is 13.9. The zero-order chi connectivity index (χ0) is 20.2. The molecule has 150 valence electrons. The average molecular weight is 400 g/mol. The van der Waals surface area contributed by atoms with E-state index in [4.69, 9.17) is 0 Å². The number of hydrogen-bond acceptors (Lipinski definition) is 3. The largest absolute Gasteiger partial charge is 0.332 e. The van der Waals surface area contributed by atoms with Crippen LogP contribution in [-0.4, -0.2) is 44.1 Å². The lowest BCUT2D eigenvalue weighted by Gasteiger charge is -2.41. The molecule has 1 aliphatic heterocycles. The zero-order valence-corrected chi connectivity index (χ0v) is 16.5. The zero-order valence-electron chi connectivity index (χ0n) is 15.7. The Hall–Kier alpha value is -1.96. The Labute approximate surface area is 159 Å². The number of sulfone groups is 1. The van der Waals surface area contributed by atoms with E-state index < -0.39 is 39.8 Å². The van der Waals surface area contributed by atoms with Crippen molar-refractivity contribution >= 4 is 15.9 Å². The van der Waals surface area contributed by atoms with Gasteiger partial charge in [-0.05, 0) is 32.3 Å². The van der Waals surface area contributed by atoms with Crippen LogP contribution in [0.15, 0.2) is 41.8 Å². The van der Waals surface area contributed by atoms with E-state index in [1.54, 1.807) is 11.8 Å². The molecular weight excluding hydrogens is 374 g/mol. The van der Waals surface area contributed by atoms with Gasteiger partial charge >= 0.3 is 6.03 Å². The van der Waals surface area contributed by atoms with Crippen molar-refractivity contribution in [3.8, 4) is 0 Å². The van der Waals surface area contributed by atoms with Crippen LogP contribution in [0.2, 0.25) is 0 Å². The molecular formula is C19H26F2N2O3S. The fraction of sp³-hybridized carbons (Fsp3) is 0.526. The van der Waals surface area contributed by atoms with E-state index in [-0.39, 0.29) is 19.4 Å². The van der Waals surface area contributed by atoms with Crippen LogP contribution in [0.1, 0.15) is 38.3 Å². The second-order valence-corrected chi connectivity index (χ2v) is 9.12. The Morgan fingerprint density at radius 3 is 2.52 bits per heavy atom. The summed E-state index contributed by atoms with van der Waals surface area (Å²) in [6.45, 7) is 2.79. The summed E-state index contributed by atoms with van der Waals surface area (Å²) in [5.74, 6) is -3.60. The van der Waals surface area contributed by atoms with Gasteiger partial charge in [-0.15, -0.1) is 0 Å². The molecule has 5 nitrogen and oxygen atoms in total. The molecule has 1 aliphatic rings. The van der Waals surface area contributed by atoms with Gasteiger partial charge in [-0.25, -0.2) is 22.0 Å². The van der Waals surface area contributed by atoms with Crippen molar-refractivity contribution in [2.75, 3.05) is 12.8 Å². The number of benzene rings is 1. The van der Waals surface area contributed by atoms with Crippen LogP contribution in [0.25, 0.3) is 0 Å². The van der Waals surface area contributed by atoms with E-state index in [0.717, 1.165) is 24.2 Å². The highest BCUT2D eigenvalue weighted by Gasteiger charge is 2.42. The minimum atomic E-state index is -3.29. The van der Waals surface area contributed by atoms with Gasteiger partial charge in [0.1, 0.15) is 0 Å². The van der Waals surface area contributed by atoms with Crippen LogP contribution in [-0.2, 0) is 9.84 Å². The molecule has 1 aromatic rings. The number of piperidine rings is 1. The Morgan fingerprint density at radius 1 is 1.33 bits per heavy atom. The summed E-state index contributed by atoms with van der Waals surface area (Å²) in [6.07, 6.45) is 2.85. The Morgan fingerprint density at radius 2 is 1.96 bits per heavy atom. The number of rotatable bonds is 5. The normalized spacial score (nSPS) is 22.6. The van der Waals surface area contributed by atoms with E-state index >= 15 is 0 Å². The molecule has 8 heteroatoms. The van der Waals surface area contributed by atoms with Crippen molar-refractivity contribution in [1.82, 2.24) is 10.2 Å². The minimum Gasteiger partial charge on any atom is -0.332 e. The molecule has 1 fully saturated rings. The Kier molecular flexibility index (Phi) is 6.62. The lowest BCUT2D eigenvalue weighted by Crippen LogP contribution is -2.50. The molecule has 1 aromatic carbocycles. The second-order valence-electron chi connectivity index (χ2n) is 7.19. The maximum absolute atomic E-state index is 13.9. The number of carbonyl (C=O) groups excluding carboxylic acids is 1. The van der Waals surface area contributed by atoms with Crippen molar-refractivity contribution < 1.29 is 22.0 Å². The van der Waals surface area contributed by atoms with Crippen molar-refractivity contribution in [3.63, 3.8) is 0 Å². The summed E-state index contributed by atoms with van der Waals surface area (Å²) < 4.78 is 50.1. The van der Waals surface area contributed by atoms with E-state index in [1.165, 1.54) is 6.08 Å². The number of urea groups is 1. The molecule has 1 unspecified atom stereocenters. The quantitative estimate of drug-likeness (QED) is 0.819. The van der Waals surface area contributed by atoms with Crippen LogP contribution >= 0.6 is 0 Å². The Bertz CT molecular complexity index is 776. The molecule has 0 bridgehead atoms. The third-order valence-electron chi connectivity index (χ3n) is 4.73. The molecule has 2 amide bonds. The summed E-state index contributed by atoms with van der Waals surface area (Å²) in [5.41, 5.74) is 0.806. The predicted molar refractivity (Wildman–Crippen MR) is 101 cm³/mol. The number of carbonyl (C=O) groups is 1. The standard InChI is InChI=1S/C19H26F2N2O3S/c1-14(10-12-27(3,25)26)22-18(24)23-11-9-16(19(2,20)21)13-17(23)15-7-5-4-6-8-15/h4-8,10,12,14,16-17H,9,11,13H2,1-3H3,(H,22,24)/b12-10+/t14?,16-,17+/m0/s1. The third kappa shape index (κ3) is 6.30. The van der Waals surface area contributed by atoms with E-state index in [2.05, 4.69) is 5.32 Å². The average Bonchev–Trinajstić information content (AvgIpc) is 2.59. The molecule has 0 saturated carbocycles. The highest BCUT2D eigenvalue weighted by atomic mass is 32.2. The minimum absolute atomic E-state index is 0.175. The number of hydrogen-bond donors (Lipinski definition) is 1. The fourth-order valence-electron chi connectivity index (χ4n) is 3.25. The van der Waals surface area contributed by atoms with E-state index in [0.29, 0.717) is 0 Å². The van der Waals surface area contributed by atoms with E-state index in [9.17, 15) is 22.0 Å². The van der Waals surface area contributed by atoms with Gasteiger partial charge in [-0.1, -0.05) is 36.4 Å². The van der Waals surface area contributed by atoms with Gasteiger partial charge in [0, 0.05) is 30.2 Å². The molecule has 0 aromatic heterocycles. The van der Waals surface area contributed by atoms with Gasteiger partial charge in [-0.2, -0.15) is 0 Å². The van der Waals surface area contributed by atoms with E-state index in [1.807, 2.05) is 30.3 Å². The first-order chi connectivity index (χ1) is 12.5. The van der Waals surface area contributed by atoms with Gasteiger partial charge < -0.3 is 10.2 Å². The molecule has 1 N–H and O–H groups in total. The molecule has 0 radical (unpaired) electrons. The number of amides is 2. The number of alkyl halides is 2. The fourth-order valence-corrected chi connectivity index (χ4v) is 3.77. The summed E-state index contributed by atoms with van der Waals surface area (Å²) in [6, 6.07) is 7.76. The monoisotopic (exact) mass is 400 g/mol. The number of nitrogens with zero attached hydrogens (tertiary/aromatic N) is 1. The number of halogens is 2. The predicted octanol–water partition coefficient (Wildman–Crippen LogP) is 3.75. The highest BCUT2D eigenvalue weighted by Crippen LogP contribution is 2.41. The van der Waals surface area contributed by atoms with Crippen molar-refractivity contribution in [1.29, 1.82) is 0 Å². The molecule has 0 aliphatic carbocycles.